The molecule has 4 aromatic rings. The highest BCUT2D eigenvalue weighted by molar-refractivity contribution is 6.30. The van der Waals surface area contributed by atoms with E-state index in [1.807, 2.05) is 30.3 Å². The van der Waals surface area contributed by atoms with Crippen LogP contribution in [0.3, 0.4) is 0 Å². The van der Waals surface area contributed by atoms with Crippen LogP contribution in [-0.4, -0.2) is 16.9 Å². The fourth-order valence-corrected chi connectivity index (χ4v) is 4.21. The SMILES string of the molecule is O=C(O)CCCC(=O)c1ccc(-c2cc(Cl)ccc2CNc2ccc(-c3ccc(F)cc3)cc2)cc1F. The topological polar surface area (TPSA) is 66.4 Å². The van der Waals surface area contributed by atoms with Crippen LogP contribution in [0.1, 0.15) is 35.2 Å². The molecule has 2 N–H and O–H groups in total. The first-order valence-electron chi connectivity index (χ1n) is 11.7. The van der Waals surface area contributed by atoms with Crippen molar-refractivity contribution >= 4 is 29.0 Å². The summed E-state index contributed by atoms with van der Waals surface area (Å²) < 4.78 is 28.0. The minimum Gasteiger partial charge on any atom is -0.481 e. The lowest BCUT2D eigenvalue weighted by atomic mass is 9.96. The van der Waals surface area contributed by atoms with Gasteiger partial charge in [-0.15, -0.1) is 0 Å². The van der Waals surface area contributed by atoms with E-state index in [-0.39, 0.29) is 30.6 Å². The summed E-state index contributed by atoms with van der Waals surface area (Å²) in [4.78, 5) is 23.0. The molecule has 0 saturated carbocycles. The Morgan fingerprint density at radius 3 is 2.08 bits per heavy atom. The summed E-state index contributed by atoms with van der Waals surface area (Å²) >= 11 is 6.23. The number of nitrogens with one attached hydrogen (secondary N) is 1. The monoisotopic (exact) mass is 519 g/mol. The van der Waals surface area contributed by atoms with E-state index in [0.717, 1.165) is 27.9 Å². The predicted octanol–water partition coefficient (Wildman–Crippen LogP) is 8.00. The maximum atomic E-state index is 14.8. The minimum absolute atomic E-state index is 0.0329. The molecule has 0 aliphatic carbocycles. The van der Waals surface area contributed by atoms with Crippen molar-refractivity contribution in [1.82, 2.24) is 0 Å². The highest BCUT2D eigenvalue weighted by Crippen LogP contribution is 2.30. The first-order valence-corrected chi connectivity index (χ1v) is 12.1. The minimum atomic E-state index is -0.991. The van der Waals surface area contributed by atoms with Gasteiger partial charge in [0.05, 0.1) is 5.56 Å². The molecule has 4 nitrogen and oxygen atoms in total. The number of hydrogen-bond acceptors (Lipinski definition) is 3. The van der Waals surface area contributed by atoms with E-state index < -0.39 is 17.6 Å². The smallest absolute Gasteiger partial charge is 0.303 e. The zero-order chi connectivity index (χ0) is 26.4. The van der Waals surface area contributed by atoms with Crippen LogP contribution in [0.25, 0.3) is 22.3 Å². The van der Waals surface area contributed by atoms with Gasteiger partial charge in [0.25, 0.3) is 0 Å². The molecule has 0 spiro atoms. The van der Waals surface area contributed by atoms with Gasteiger partial charge in [-0.2, -0.15) is 0 Å². The quantitative estimate of drug-likeness (QED) is 0.208. The van der Waals surface area contributed by atoms with E-state index in [1.54, 1.807) is 30.3 Å². The number of carbonyl (C=O) groups excluding carboxylic acids is 1. The van der Waals surface area contributed by atoms with E-state index in [2.05, 4.69) is 5.32 Å². The van der Waals surface area contributed by atoms with Gasteiger partial charge in [0.1, 0.15) is 11.6 Å². The second-order valence-electron chi connectivity index (χ2n) is 8.60. The van der Waals surface area contributed by atoms with Crippen molar-refractivity contribution < 1.29 is 23.5 Å². The first-order chi connectivity index (χ1) is 17.8. The summed E-state index contributed by atoms with van der Waals surface area (Å²) in [5, 5.41) is 12.6. The second kappa shape index (κ2) is 11.8. The fraction of sp³-hybridized carbons (Fsp3) is 0.133. The number of carboxylic acids is 1. The summed E-state index contributed by atoms with van der Waals surface area (Å²) in [5.74, 6) is -2.36. The molecule has 4 aromatic carbocycles. The number of aliphatic carboxylic acids is 1. The maximum absolute atomic E-state index is 14.8. The van der Waals surface area contributed by atoms with Crippen molar-refractivity contribution in [1.29, 1.82) is 0 Å². The van der Waals surface area contributed by atoms with Crippen molar-refractivity contribution in [3.05, 3.63) is 113 Å². The molecule has 0 fully saturated rings. The van der Waals surface area contributed by atoms with Crippen molar-refractivity contribution in [3.8, 4) is 22.3 Å². The summed E-state index contributed by atoms with van der Waals surface area (Å²) in [6, 6.07) is 23.8. The molecule has 0 bridgehead atoms. The summed E-state index contributed by atoms with van der Waals surface area (Å²) in [6.07, 6.45) is -0.0154. The Morgan fingerprint density at radius 1 is 0.784 bits per heavy atom. The lowest BCUT2D eigenvalue weighted by Crippen LogP contribution is -2.05. The Morgan fingerprint density at radius 2 is 1.43 bits per heavy atom. The van der Waals surface area contributed by atoms with E-state index in [0.29, 0.717) is 17.1 Å². The normalized spacial score (nSPS) is 10.8. The molecule has 4 rings (SSSR count). The molecule has 37 heavy (non-hydrogen) atoms. The van der Waals surface area contributed by atoms with Crippen molar-refractivity contribution in [2.24, 2.45) is 0 Å². The highest BCUT2D eigenvalue weighted by atomic mass is 35.5. The number of halogens is 3. The third kappa shape index (κ3) is 6.80. The highest BCUT2D eigenvalue weighted by Gasteiger charge is 2.15. The van der Waals surface area contributed by atoms with Gasteiger partial charge in [0.15, 0.2) is 5.78 Å². The fourth-order valence-electron chi connectivity index (χ4n) is 4.04. The van der Waals surface area contributed by atoms with Gasteiger partial charge in [0.2, 0.25) is 0 Å². The molecule has 0 atom stereocenters. The van der Waals surface area contributed by atoms with Crippen LogP contribution in [0.4, 0.5) is 14.5 Å². The number of ketones is 1. The lowest BCUT2D eigenvalue weighted by Gasteiger charge is -2.14. The Labute approximate surface area is 218 Å². The van der Waals surface area contributed by atoms with Gasteiger partial charge in [-0.25, -0.2) is 8.78 Å². The van der Waals surface area contributed by atoms with Gasteiger partial charge in [-0.3, -0.25) is 9.59 Å². The standard InChI is InChI=1S/C30H24ClF2NO3/c31-23-10-4-22(18-34-25-13-7-20(8-14-25)19-5-11-24(32)12-6-19)27(17-23)21-9-15-26(28(33)16-21)29(35)2-1-3-30(36)37/h4-17,34H,1-3,18H2,(H,36,37). The molecule has 0 saturated heterocycles. The van der Waals surface area contributed by atoms with Gasteiger partial charge in [-0.05, 0) is 82.8 Å². The van der Waals surface area contributed by atoms with Crippen LogP contribution in [0, 0.1) is 11.6 Å². The molecule has 188 valence electrons. The molecule has 0 unspecified atom stereocenters. The molecular weight excluding hydrogens is 496 g/mol. The Kier molecular flexibility index (Phi) is 8.31. The van der Waals surface area contributed by atoms with Crippen molar-refractivity contribution in [2.45, 2.75) is 25.8 Å². The average molecular weight is 520 g/mol. The zero-order valence-corrected chi connectivity index (χ0v) is 20.6. The number of anilines is 1. The molecule has 7 heteroatoms. The zero-order valence-electron chi connectivity index (χ0n) is 19.8. The molecule has 0 aliphatic rings. The predicted molar refractivity (Wildman–Crippen MR) is 142 cm³/mol. The number of Topliss-reactive ketones (excluding diaryl/α,β-unsaturated/α-hetero) is 1. The molecule has 0 heterocycles. The number of hydrogen-bond donors (Lipinski definition) is 2. The van der Waals surface area contributed by atoms with E-state index in [9.17, 15) is 18.4 Å². The van der Waals surface area contributed by atoms with Crippen LogP contribution in [0.15, 0.2) is 84.9 Å². The van der Waals surface area contributed by atoms with E-state index >= 15 is 0 Å². The van der Waals surface area contributed by atoms with Crippen LogP contribution < -0.4 is 5.32 Å². The molecule has 0 radical (unpaired) electrons. The third-order valence-corrected chi connectivity index (χ3v) is 6.23. The number of carboxylic acid groups (broad SMARTS) is 1. The third-order valence-electron chi connectivity index (χ3n) is 5.99. The van der Waals surface area contributed by atoms with Crippen LogP contribution >= 0.6 is 11.6 Å². The van der Waals surface area contributed by atoms with Crippen LogP contribution in [-0.2, 0) is 11.3 Å². The van der Waals surface area contributed by atoms with Crippen molar-refractivity contribution in [3.63, 3.8) is 0 Å². The van der Waals surface area contributed by atoms with Gasteiger partial charge in [-0.1, -0.05) is 48.0 Å². The molecule has 0 aromatic heterocycles. The number of benzene rings is 4. The molecule has 0 aliphatic heterocycles. The van der Waals surface area contributed by atoms with Crippen molar-refractivity contribution in [2.75, 3.05) is 5.32 Å². The van der Waals surface area contributed by atoms with E-state index in [1.165, 1.54) is 24.3 Å². The van der Waals surface area contributed by atoms with Crippen LogP contribution in [0.5, 0.6) is 0 Å². The summed E-state index contributed by atoms with van der Waals surface area (Å²) in [7, 11) is 0. The Hall–Kier alpha value is -4.03. The van der Waals surface area contributed by atoms with E-state index in [4.69, 9.17) is 16.7 Å². The number of carbonyl (C=O) groups is 2. The van der Waals surface area contributed by atoms with Gasteiger partial charge >= 0.3 is 5.97 Å². The Bertz CT molecular complexity index is 1420. The molecular formula is C30H24ClF2NO3. The van der Waals surface area contributed by atoms with Crippen LogP contribution in [0.2, 0.25) is 5.02 Å². The first kappa shape index (κ1) is 26.0. The van der Waals surface area contributed by atoms with Gasteiger partial charge in [0, 0.05) is 30.1 Å². The molecule has 0 amide bonds. The van der Waals surface area contributed by atoms with Gasteiger partial charge < -0.3 is 10.4 Å². The largest absolute Gasteiger partial charge is 0.481 e. The maximum Gasteiger partial charge on any atom is 0.303 e. The lowest BCUT2D eigenvalue weighted by molar-refractivity contribution is -0.137. The number of rotatable bonds is 10. The average Bonchev–Trinajstić information content (AvgIpc) is 2.88. The second-order valence-corrected chi connectivity index (χ2v) is 9.04. The summed E-state index contributed by atoms with van der Waals surface area (Å²) in [6.45, 7) is 0.444. The summed E-state index contributed by atoms with van der Waals surface area (Å²) in [5.41, 5.74) is 4.88. The Balaban J connectivity index is 1.49.